The number of ether oxygens (including phenoxy) is 3. The maximum absolute atomic E-state index is 12.5. The molecule has 2 aromatic rings. The van der Waals surface area contributed by atoms with Crippen LogP contribution >= 0.6 is 0 Å². The fourth-order valence-corrected chi connectivity index (χ4v) is 4.24. The molecule has 0 aliphatic carbocycles. The topological polar surface area (TPSA) is 60.0 Å². The Labute approximate surface area is 171 Å². The summed E-state index contributed by atoms with van der Waals surface area (Å²) in [6, 6.07) is 17.0. The van der Waals surface area contributed by atoms with Gasteiger partial charge in [-0.05, 0) is 55.7 Å². The van der Waals surface area contributed by atoms with Gasteiger partial charge in [0.1, 0.15) is 11.5 Å². The molecule has 2 aromatic carbocycles. The number of nitrogens with zero attached hydrogens (tertiary/aromatic N) is 1. The molecule has 2 saturated heterocycles. The Balaban J connectivity index is 1.28. The van der Waals surface area contributed by atoms with Crippen LogP contribution in [0.5, 0.6) is 11.5 Å². The van der Waals surface area contributed by atoms with Crippen molar-refractivity contribution in [2.75, 3.05) is 38.7 Å². The Morgan fingerprint density at radius 1 is 1.14 bits per heavy atom. The van der Waals surface area contributed by atoms with Crippen molar-refractivity contribution in [3.8, 4) is 11.5 Å². The third-order valence-corrected chi connectivity index (χ3v) is 5.76. The molecule has 0 unspecified atom stereocenters. The molecule has 2 fully saturated rings. The number of benzene rings is 2. The predicted molar refractivity (Wildman–Crippen MR) is 111 cm³/mol. The van der Waals surface area contributed by atoms with Crippen LogP contribution in [-0.4, -0.2) is 55.9 Å². The Bertz CT molecular complexity index is 803. The number of nitrogens with one attached hydrogen (secondary N) is 1. The van der Waals surface area contributed by atoms with Crippen LogP contribution in [0.4, 0.5) is 5.69 Å². The van der Waals surface area contributed by atoms with Crippen LogP contribution in [0.3, 0.4) is 0 Å². The summed E-state index contributed by atoms with van der Waals surface area (Å²) in [6.45, 7) is 2.72. The molecule has 0 aromatic heterocycles. The van der Waals surface area contributed by atoms with Crippen molar-refractivity contribution in [3.63, 3.8) is 0 Å². The highest BCUT2D eigenvalue weighted by molar-refractivity contribution is 5.92. The number of methoxy groups -OCH3 is 1. The second kappa shape index (κ2) is 8.95. The zero-order valence-corrected chi connectivity index (χ0v) is 16.8. The van der Waals surface area contributed by atoms with Crippen LogP contribution in [0.15, 0.2) is 54.6 Å². The number of rotatable bonds is 6. The van der Waals surface area contributed by atoms with E-state index >= 15 is 0 Å². The first-order valence-corrected chi connectivity index (χ1v) is 10.2. The molecule has 29 heavy (non-hydrogen) atoms. The quantitative estimate of drug-likeness (QED) is 0.807. The Morgan fingerprint density at radius 3 is 2.59 bits per heavy atom. The molecule has 2 atom stereocenters. The molecular formula is C23H28N2O4. The number of hydrogen-bond donors (Lipinski definition) is 1. The Hall–Kier alpha value is -2.41. The van der Waals surface area contributed by atoms with Crippen LogP contribution in [0.2, 0.25) is 0 Å². The van der Waals surface area contributed by atoms with Crippen LogP contribution in [0, 0.1) is 0 Å². The largest absolute Gasteiger partial charge is 0.457 e. The van der Waals surface area contributed by atoms with Crippen LogP contribution in [0.25, 0.3) is 0 Å². The number of anilines is 1. The fraction of sp³-hybridized carbons (Fsp3) is 0.435. The van der Waals surface area contributed by atoms with Gasteiger partial charge >= 0.3 is 0 Å². The average molecular weight is 396 g/mol. The summed E-state index contributed by atoms with van der Waals surface area (Å²) in [4.78, 5) is 14.7. The minimum absolute atomic E-state index is 0.0148. The SMILES string of the molecule is CO[C@H]1CN(CC(=O)Nc2ccc(Oc3ccccc3)cc2)CC[C@@]12CCCO2. The van der Waals surface area contributed by atoms with Gasteiger partial charge in [0.25, 0.3) is 0 Å². The molecule has 2 heterocycles. The molecule has 2 aliphatic rings. The number of carbonyl (C=O) groups excluding carboxylic acids is 1. The molecule has 0 saturated carbocycles. The average Bonchev–Trinajstić information content (AvgIpc) is 3.21. The summed E-state index contributed by atoms with van der Waals surface area (Å²) in [7, 11) is 1.73. The smallest absolute Gasteiger partial charge is 0.238 e. The van der Waals surface area contributed by atoms with Gasteiger partial charge in [0.2, 0.25) is 5.91 Å². The summed E-state index contributed by atoms with van der Waals surface area (Å²) in [5.74, 6) is 1.49. The number of hydrogen-bond acceptors (Lipinski definition) is 5. The highest BCUT2D eigenvalue weighted by Gasteiger charge is 2.46. The summed E-state index contributed by atoms with van der Waals surface area (Å²) < 4.78 is 17.5. The van der Waals surface area contributed by atoms with Crippen molar-refractivity contribution in [2.24, 2.45) is 0 Å². The van der Waals surface area contributed by atoms with Crippen molar-refractivity contribution in [1.29, 1.82) is 0 Å². The van der Waals surface area contributed by atoms with E-state index in [1.165, 1.54) is 0 Å². The number of amides is 1. The molecule has 1 N–H and O–H groups in total. The zero-order valence-electron chi connectivity index (χ0n) is 16.8. The molecule has 154 valence electrons. The van der Waals surface area contributed by atoms with Crippen molar-refractivity contribution in [2.45, 2.75) is 31.0 Å². The second-order valence-corrected chi connectivity index (χ2v) is 7.71. The maximum Gasteiger partial charge on any atom is 0.238 e. The summed E-state index contributed by atoms with van der Waals surface area (Å²) in [5.41, 5.74) is 0.599. The summed E-state index contributed by atoms with van der Waals surface area (Å²) >= 11 is 0. The standard InChI is InChI=1S/C23H28N2O4/c1-27-21-16-25(14-13-23(21)12-5-15-28-23)17-22(26)24-18-8-10-20(11-9-18)29-19-6-3-2-4-7-19/h2-4,6-11,21H,5,12-17H2,1H3,(H,24,26)/t21-,23-/m0/s1. The number of para-hydroxylation sites is 1. The van der Waals surface area contributed by atoms with Crippen LogP contribution < -0.4 is 10.1 Å². The lowest BCUT2D eigenvalue weighted by Gasteiger charge is -2.44. The lowest BCUT2D eigenvalue weighted by molar-refractivity contribution is -0.145. The van der Waals surface area contributed by atoms with Gasteiger partial charge < -0.3 is 19.5 Å². The van der Waals surface area contributed by atoms with E-state index in [0.29, 0.717) is 13.1 Å². The van der Waals surface area contributed by atoms with E-state index in [2.05, 4.69) is 10.2 Å². The summed E-state index contributed by atoms with van der Waals surface area (Å²) in [5, 5.41) is 2.97. The molecule has 6 nitrogen and oxygen atoms in total. The summed E-state index contributed by atoms with van der Waals surface area (Å²) in [6.07, 6.45) is 3.05. The van der Waals surface area contributed by atoms with Gasteiger partial charge in [0.05, 0.1) is 18.2 Å². The first kappa shape index (κ1) is 19.9. The lowest BCUT2D eigenvalue weighted by atomic mass is 9.86. The third-order valence-electron chi connectivity index (χ3n) is 5.76. The first-order valence-electron chi connectivity index (χ1n) is 10.2. The van der Waals surface area contributed by atoms with Crippen molar-refractivity contribution >= 4 is 11.6 Å². The minimum atomic E-state index is -0.156. The van der Waals surface area contributed by atoms with Gasteiger partial charge in [0, 0.05) is 32.5 Å². The highest BCUT2D eigenvalue weighted by atomic mass is 16.5. The van der Waals surface area contributed by atoms with Crippen molar-refractivity contribution < 1.29 is 19.0 Å². The normalized spacial score (nSPS) is 24.5. The van der Waals surface area contributed by atoms with Crippen LogP contribution in [0.1, 0.15) is 19.3 Å². The van der Waals surface area contributed by atoms with Crippen LogP contribution in [-0.2, 0) is 14.3 Å². The molecule has 0 radical (unpaired) electrons. The van der Waals surface area contributed by atoms with E-state index in [-0.39, 0.29) is 17.6 Å². The molecule has 2 aliphatic heterocycles. The van der Waals surface area contributed by atoms with E-state index in [4.69, 9.17) is 14.2 Å². The molecular weight excluding hydrogens is 368 g/mol. The van der Waals surface area contributed by atoms with E-state index in [9.17, 15) is 4.79 Å². The first-order chi connectivity index (χ1) is 14.2. The van der Waals surface area contributed by atoms with E-state index in [0.717, 1.165) is 49.6 Å². The van der Waals surface area contributed by atoms with Gasteiger partial charge in [-0.2, -0.15) is 0 Å². The molecule has 1 spiro atoms. The van der Waals surface area contributed by atoms with Crippen molar-refractivity contribution in [1.82, 2.24) is 4.90 Å². The highest BCUT2D eigenvalue weighted by Crippen LogP contribution is 2.37. The molecule has 0 bridgehead atoms. The van der Waals surface area contributed by atoms with Gasteiger partial charge in [-0.25, -0.2) is 0 Å². The third kappa shape index (κ3) is 4.78. The van der Waals surface area contributed by atoms with E-state index in [1.54, 1.807) is 7.11 Å². The van der Waals surface area contributed by atoms with E-state index in [1.807, 2.05) is 54.6 Å². The lowest BCUT2D eigenvalue weighted by Crippen LogP contribution is -2.57. The zero-order chi connectivity index (χ0) is 20.1. The molecule has 6 heteroatoms. The fourth-order valence-electron chi connectivity index (χ4n) is 4.24. The maximum atomic E-state index is 12.5. The van der Waals surface area contributed by atoms with Gasteiger partial charge in [-0.15, -0.1) is 0 Å². The molecule has 1 amide bonds. The number of likely N-dealkylation sites (tertiary alicyclic amines) is 1. The van der Waals surface area contributed by atoms with Gasteiger partial charge in [-0.3, -0.25) is 9.69 Å². The minimum Gasteiger partial charge on any atom is -0.457 e. The Morgan fingerprint density at radius 2 is 1.90 bits per heavy atom. The second-order valence-electron chi connectivity index (χ2n) is 7.71. The molecule has 4 rings (SSSR count). The number of piperidine rings is 1. The van der Waals surface area contributed by atoms with Crippen molar-refractivity contribution in [3.05, 3.63) is 54.6 Å². The van der Waals surface area contributed by atoms with Gasteiger partial charge in [-0.1, -0.05) is 18.2 Å². The van der Waals surface area contributed by atoms with E-state index < -0.39 is 0 Å². The number of carbonyl (C=O) groups is 1. The predicted octanol–water partition coefficient (Wildman–Crippen LogP) is 3.69. The Kier molecular flexibility index (Phi) is 6.13. The van der Waals surface area contributed by atoms with Gasteiger partial charge in [0.15, 0.2) is 0 Å². The monoisotopic (exact) mass is 396 g/mol.